The van der Waals surface area contributed by atoms with Gasteiger partial charge in [-0.1, -0.05) is 6.07 Å². The average Bonchev–Trinajstić information content (AvgIpc) is 3.07. The van der Waals surface area contributed by atoms with Crippen molar-refractivity contribution in [2.75, 3.05) is 26.7 Å². The number of alkyl carbamates (subject to hydrolysis) is 1. The number of hydrogen-bond donors (Lipinski definition) is 3. The highest BCUT2D eigenvalue weighted by Gasteiger charge is 2.33. The van der Waals surface area contributed by atoms with Crippen LogP contribution in [0.15, 0.2) is 18.2 Å². The molecule has 0 fully saturated rings. The summed E-state index contributed by atoms with van der Waals surface area (Å²) in [6, 6.07) is 3.42. The lowest BCUT2D eigenvalue weighted by atomic mass is 10.2. The van der Waals surface area contributed by atoms with Crippen LogP contribution in [0.5, 0.6) is 11.5 Å². The molecule has 1 heterocycles. The normalized spacial score (nSPS) is 14.0. The van der Waals surface area contributed by atoms with Gasteiger partial charge in [0.25, 0.3) is 5.91 Å². The van der Waals surface area contributed by atoms with Gasteiger partial charge in [0.05, 0.1) is 13.4 Å². The molecular formula is C14H19N3O8S. The summed E-state index contributed by atoms with van der Waals surface area (Å²) in [6.07, 6.45) is 0.0627. The minimum atomic E-state index is -3.89. The fourth-order valence-electron chi connectivity index (χ4n) is 2.33. The number of hydrogen-bond acceptors (Lipinski definition) is 8. The number of rotatable bonds is 7. The first-order valence-electron chi connectivity index (χ1n) is 7.37. The number of sulfonamides is 1. The van der Waals surface area contributed by atoms with Crippen LogP contribution in [0.25, 0.3) is 0 Å². The Morgan fingerprint density at radius 3 is 2.65 bits per heavy atom. The third-order valence-corrected chi connectivity index (χ3v) is 4.82. The van der Waals surface area contributed by atoms with Crippen LogP contribution in [0.2, 0.25) is 0 Å². The van der Waals surface area contributed by atoms with Gasteiger partial charge in [0.15, 0.2) is 11.5 Å². The Kier molecular flexibility index (Phi) is 6.23. The maximum Gasteiger partial charge on any atom is 0.406 e. The number of nitrogens with zero attached hydrogens (tertiary/aromatic N) is 1. The van der Waals surface area contributed by atoms with Gasteiger partial charge in [0, 0.05) is 13.1 Å². The van der Waals surface area contributed by atoms with Crippen molar-refractivity contribution in [2.24, 2.45) is 0 Å². The number of carbonyl (C=O) groups excluding carboxylic acids is 2. The Balaban J connectivity index is 2.28. The SMILES string of the molecule is COC(=O)NCC(C(=O)NO)N(Cc1ccc2c(c1)OCO2)S(C)(=O)=O. The van der Waals surface area contributed by atoms with Crippen LogP contribution in [0, 0.1) is 0 Å². The minimum absolute atomic E-state index is 0.0627. The molecule has 0 spiro atoms. The van der Waals surface area contributed by atoms with Gasteiger partial charge in [-0.15, -0.1) is 0 Å². The Morgan fingerprint density at radius 2 is 2.04 bits per heavy atom. The van der Waals surface area contributed by atoms with Crippen molar-refractivity contribution in [2.45, 2.75) is 12.6 Å². The van der Waals surface area contributed by atoms with E-state index in [1.54, 1.807) is 18.2 Å². The van der Waals surface area contributed by atoms with Crippen LogP contribution in [-0.4, -0.2) is 62.7 Å². The molecule has 0 radical (unpaired) electrons. The fraction of sp³-hybridized carbons (Fsp3) is 0.429. The molecule has 0 saturated heterocycles. The molecule has 1 aliphatic rings. The third kappa shape index (κ3) is 4.74. The molecule has 0 aromatic heterocycles. The molecule has 0 saturated carbocycles. The van der Waals surface area contributed by atoms with Gasteiger partial charge in [-0.2, -0.15) is 4.31 Å². The van der Waals surface area contributed by atoms with Gasteiger partial charge in [-0.05, 0) is 17.7 Å². The Bertz CT molecular complexity index is 782. The van der Waals surface area contributed by atoms with Crippen LogP contribution in [0.3, 0.4) is 0 Å². The number of nitrogens with one attached hydrogen (secondary N) is 2. The van der Waals surface area contributed by atoms with Gasteiger partial charge >= 0.3 is 6.09 Å². The monoisotopic (exact) mass is 389 g/mol. The van der Waals surface area contributed by atoms with Crippen molar-refractivity contribution < 1.29 is 37.4 Å². The second-order valence-electron chi connectivity index (χ2n) is 5.36. The molecule has 0 aliphatic carbocycles. The first kappa shape index (κ1) is 19.8. The summed E-state index contributed by atoms with van der Waals surface area (Å²) >= 11 is 0. The molecule has 3 N–H and O–H groups in total. The van der Waals surface area contributed by atoms with Gasteiger partial charge in [-0.25, -0.2) is 18.7 Å². The van der Waals surface area contributed by atoms with E-state index < -0.39 is 34.6 Å². The van der Waals surface area contributed by atoms with E-state index in [0.717, 1.165) is 17.7 Å². The highest BCUT2D eigenvalue weighted by Crippen LogP contribution is 2.33. The lowest BCUT2D eigenvalue weighted by molar-refractivity contribution is -0.133. The lowest BCUT2D eigenvalue weighted by Crippen LogP contribution is -2.53. The first-order valence-corrected chi connectivity index (χ1v) is 9.22. The maximum absolute atomic E-state index is 12.2. The van der Waals surface area contributed by atoms with Crippen molar-refractivity contribution in [1.82, 2.24) is 15.1 Å². The highest BCUT2D eigenvalue weighted by molar-refractivity contribution is 7.88. The quantitative estimate of drug-likeness (QED) is 0.415. The highest BCUT2D eigenvalue weighted by atomic mass is 32.2. The van der Waals surface area contributed by atoms with Gasteiger partial charge in [0.2, 0.25) is 16.8 Å². The molecule has 2 rings (SSSR count). The van der Waals surface area contributed by atoms with E-state index in [0.29, 0.717) is 17.1 Å². The summed E-state index contributed by atoms with van der Waals surface area (Å²) < 4.78 is 40.1. The number of hydroxylamine groups is 1. The molecular weight excluding hydrogens is 370 g/mol. The number of ether oxygens (including phenoxy) is 3. The van der Waals surface area contributed by atoms with E-state index in [1.165, 1.54) is 5.48 Å². The summed E-state index contributed by atoms with van der Waals surface area (Å²) in [5.74, 6) is -0.0315. The maximum atomic E-state index is 12.2. The number of methoxy groups -OCH3 is 1. The van der Waals surface area contributed by atoms with E-state index in [-0.39, 0.29) is 13.3 Å². The smallest absolute Gasteiger partial charge is 0.406 e. The molecule has 0 bridgehead atoms. The molecule has 144 valence electrons. The average molecular weight is 389 g/mol. The Labute approximate surface area is 149 Å². The predicted octanol–water partition coefficient (Wildman–Crippen LogP) is -0.593. The summed E-state index contributed by atoms with van der Waals surface area (Å²) in [4.78, 5) is 23.2. The van der Waals surface area contributed by atoms with Crippen molar-refractivity contribution >= 4 is 22.0 Å². The molecule has 1 unspecified atom stereocenters. The number of carbonyl (C=O) groups is 2. The van der Waals surface area contributed by atoms with Crippen LogP contribution < -0.4 is 20.3 Å². The number of fused-ring (bicyclic) bond motifs is 1. The Morgan fingerprint density at radius 1 is 1.35 bits per heavy atom. The Hall–Kier alpha value is -2.57. The summed E-state index contributed by atoms with van der Waals surface area (Å²) in [6.45, 7) is -0.541. The van der Waals surface area contributed by atoms with Crippen molar-refractivity contribution in [1.29, 1.82) is 0 Å². The van der Waals surface area contributed by atoms with Crippen LogP contribution >= 0.6 is 0 Å². The zero-order chi connectivity index (χ0) is 19.3. The second kappa shape index (κ2) is 8.21. The fourth-order valence-corrected chi connectivity index (χ4v) is 3.35. The van der Waals surface area contributed by atoms with Crippen LogP contribution in [-0.2, 0) is 26.1 Å². The lowest BCUT2D eigenvalue weighted by Gasteiger charge is -2.28. The van der Waals surface area contributed by atoms with E-state index in [2.05, 4.69) is 10.1 Å². The van der Waals surface area contributed by atoms with E-state index in [1.807, 2.05) is 0 Å². The molecule has 1 aliphatic heterocycles. The van der Waals surface area contributed by atoms with Crippen molar-refractivity contribution in [3.8, 4) is 11.5 Å². The zero-order valence-corrected chi connectivity index (χ0v) is 14.9. The van der Waals surface area contributed by atoms with E-state index >= 15 is 0 Å². The molecule has 1 aromatic rings. The molecule has 26 heavy (non-hydrogen) atoms. The zero-order valence-electron chi connectivity index (χ0n) is 14.1. The molecule has 1 aromatic carbocycles. The predicted molar refractivity (Wildman–Crippen MR) is 87.1 cm³/mol. The summed E-state index contributed by atoms with van der Waals surface area (Å²) in [5, 5.41) is 11.2. The largest absolute Gasteiger partial charge is 0.454 e. The van der Waals surface area contributed by atoms with E-state index in [4.69, 9.17) is 14.7 Å². The van der Waals surface area contributed by atoms with Crippen LogP contribution in [0.1, 0.15) is 5.56 Å². The van der Waals surface area contributed by atoms with Crippen LogP contribution in [0.4, 0.5) is 4.79 Å². The molecule has 12 heteroatoms. The van der Waals surface area contributed by atoms with Gasteiger partial charge in [-0.3, -0.25) is 10.0 Å². The third-order valence-electron chi connectivity index (χ3n) is 3.59. The minimum Gasteiger partial charge on any atom is -0.454 e. The van der Waals surface area contributed by atoms with E-state index in [9.17, 15) is 18.0 Å². The first-order chi connectivity index (χ1) is 12.3. The van der Waals surface area contributed by atoms with Gasteiger partial charge in [0.1, 0.15) is 6.04 Å². The van der Waals surface area contributed by atoms with Crippen molar-refractivity contribution in [3.63, 3.8) is 0 Å². The number of benzene rings is 1. The molecule has 1 atom stereocenters. The van der Waals surface area contributed by atoms with Crippen molar-refractivity contribution in [3.05, 3.63) is 23.8 Å². The summed E-state index contributed by atoms with van der Waals surface area (Å²) in [7, 11) is -2.77. The second-order valence-corrected chi connectivity index (χ2v) is 7.30. The number of amides is 2. The molecule has 11 nitrogen and oxygen atoms in total. The van der Waals surface area contributed by atoms with Gasteiger partial charge < -0.3 is 19.5 Å². The standard InChI is InChI=1S/C14H19N3O8S/c1-23-14(19)15-6-10(13(18)16-20)17(26(2,21)22)7-9-3-4-11-12(5-9)25-8-24-11/h3-5,10,20H,6-8H2,1-2H3,(H,15,19)(H,16,18). The molecule has 2 amide bonds. The topological polar surface area (TPSA) is 144 Å². The summed E-state index contributed by atoms with van der Waals surface area (Å²) in [5.41, 5.74) is 1.93.